The molecular formula is C23H30ClNO5. The molecule has 0 aromatic heterocycles. The van der Waals surface area contributed by atoms with Crippen LogP contribution in [0, 0.1) is 5.92 Å². The number of carbonyl (C=O) groups excluding carboxylic acids is 2. The van der Waals surface area contributed by atoms with Crippen molar-refractivity contribution in [3.05, 3.63) is 36.4 Å². The second kappa shape index (κ2) is 9.29. The third-order valence-electron chi connectivity index (χ3n) is 5.42. The summed E-state index contributed by atoms with van der Waals surface area (Å²) in [7, 11) is 0. The summed E-state index contributed by atoms with van der Waals surface area (Å²) >= 11 is 6.07. The van der Waals surface area contributed by atoms with E-state index in [-0.39, 0.29) is 24.6 Å². The number of alkyl halides is 1. The van der Waals surface area contributed by atoms with Crippen molar-refractivity contribution in [2.45, 2.75) is 57.6 Å². The van der Waals surface area contributed by atoms with Crippen LogP contribution in [0.3, 0.4) is 0 Å². The number of allylic oxidation sites excluding steroid dienone is 1. The molecule has 1 saturated heterocycles. The van der Waals surface area contributed by atoms with Crippen LogP contribution in [-0.2, 0) is 14.3 Å². The van der Waals surface area contributed by atoms with Crippen molar-refractivity contribution in [3.63, 3.8) is 0 Å². The summed E-state index contributed by atoms with van der Waals surface area (Å²) in [6, 6.07) is 5.09. The first-order valence-corrected chi connectivity index (χ1v) is 10.9. The molecule has 2 aliphatic heterocycles. The molecule has 3 atom stereocenters. The van der Waals surface area contributed by atoms with Crippen molar-refractivity contribution >= 4 is 23.5 Å². The summed E-state index contributed by atoms with van der Waals surface area (Å²) in [6.07, 6.45) is 3.62. The Balaban J connectivity index is 1.84. The van der Waals surface area contributed by atoms with E-state index in [1.807, 2.05) is 39.0 Å². The lowest BCUT2D eigenvalue weighted by Gasteiger charge is -2.32. The van der Waals surface area contributed by atoms with Gasteiger partial charge >= 0.3 is 5.97 Å². The molecule has 0 N–H and O–H groups in total. The number of esters is 1. The van der Waals surface area contributed by atoms with E-state index in [1.54, 1.807) is 11.0 Å². The van der Waals surface area contributed by atoms with Gasteiger partial charge in [-0.25, -0.2) is 4.79 Å². The van der Waals surface area contributed by atoms with E-state index in [1.165, 1.54) is 0 Å². The summed E-state index contributed by atoms with van der Waals surface area (Å²) in [5.74, 6) is 0.545. The van der Waals surface area contributed by atoms with Crippen molar-refractivity contribution in [2.24, 2.45) is 5.92 Å². The van der Waals surface area contributed by atoms with E-state index in [9.17, 15) is 9.59 Å². The van der Waals surface area contributed by atoms with E-state index in [2.05, 4.69) is 6.58 Å². The van der Waals surface area contributed by atoms with E-state index in [0.29, 0.717) is 36.8 Å². The highest BCUT2D eigenvalue weighted by Crippen LogP contribution is 2.39. The highest BCUT2D eigenvalue weighted by Gasteiger charge is 2.41. The smallest absolute Gasteiger partial charge is 0.329 e. The van der Waals surface area contributed by atoms with Gasteiger partial charge in [-0.15, -0.1) is 18.2 Å². The molecule has 0 radical (unpaired) electrons. The molecule has 1 aromatic rings. The number of amides is 1. The molecule has 164 valence electrons. The van der Waals surface area contributed by atoms with Gasteiger partial charge in [-0.1, -0.05) is 12.1 Å². The Kier molecular flexibility index (Phi) is 6.96. The molecule has 30 heavy (non-hydrogen) atoms. The van der Waals surface area contributed by atoms with E-state index in [0.717, 1.165) is 12.0 Å². The molecule has 1 fully saturated rings. The first-order chi connectivity index (χ1) is 14.2. The van der Waals surface area contributed by atoms with Gasteiger partial charge in [-0.3, -0.25) is 4.79 Å². The molecular weight excluding hydrogens is 406 g/mol. The average Bonchev–Trinajstić information content (AvgIpc) is 3.35. The van der Waals surface area contributed by atoms with Gasteiger partial charge in [0.15, 0.2) is 11.5 Å². The Morgan fingerprint density at radius 2 is 2.07 bits per heavy atom. The highest BCUT2D eigenvalue weighted by atomic mass is 35.5. The molecule has 0 aliphatic carbocycles. The lowest BCUT2D eigenvalue weighted by Crippen LogP contribution is -2.46. The number of benzene rings is 1. The molecule has 2 aliphatic rings. The quantitative estimate of drug-likeness (QED) is 0.363. The maximum Gasteiger partial charge on any atom is 0.329 e. The van der Waals surface area contributed by atoms with Gasteiger partial charge in [-0.05, 0) is 57.7 Å². The zero-order valence-corrected chi connectivity index (χ0v) is 18.6. The summed E-state index contributed by atoms with van der Waals surface area (Å²) in [6.45, 7) is 10.2. The largest absolute Gasteiger partial charge is 0.458 e. The molecule has 0 saturated carbocycles. The van der Waals surface area contributed by atoms with E-state index >= 15 is 0 Å². The van der Waals surface area contributed by atoms with E-state index < -0.39 is 17.6 Å². The van der Waals surface area contributed by atoms with Crippen LogP contribution in [0.4, 0.5) is 0 Å². The van der Waals surface area contributed by atoms with Gasteiger partial charge in [0.1, 0.15) is 11.6 Å². The minimum Gasteiger partial charge on any atom is -0.458 e. The van der Waals surface area contributed by atoms with Gasteiger partial charge in [0, 0.05) is 24.3 Å². The van der Waals surface area contributed by atoms with Crippen LogP contribution in [0.15, 0.2) is 30.9 Å². The fourth-order valence-corrected chi connectivity index (χ4v) is 4.32. The predicted molar refractivity (Wildman–Crippen MR) is 115 cm³/mol. The van der Waals surface area contributed by atoms with Crippen LogP contribution >= 0.6 is 11.6 Å². The summed E-state index contributed by atoms with van der Waals surface area (Å²) < 4.78 is 16.4. The predicted octanol–water partition coefficient (Wildman–Crippen LogP) is 4.26. The normalized spacial score (nSPS) is 20.0. The number of hydrogen-bond donors (Lipinski definition) is 0. The number of hydrogen-bond acceptors (Lipinski definition) is 5. The van der Waals surface area contributed by atoms with Crippen LogP contribution in [0.5, 0.6) is 11.5 Å². The summed E-state index contributed by atoms with van der Waals surface area (Å²) in [4.78, 5) is 27.9. The lowest BCUT2D eigenvalue weighted by atomic mass is 9.83. The molecule has 2 heterocycles. The topological polar surface area (TPSA) is 65.1 Å². The van der Waals surface area contributed by atoms with Crippen LogP contribution in [-0.4, -0.2) is 47.6 Å². The van der Waals surface area contributed by atoms with Gasteiger partial charge in [0.25, 0.3) is 0 Å². The first-order valence-electron chi connectivity index (χ1n) is 10.4. The molecule has 0 unspecified atom stereocenters. The number of ether oxygens (including phenoxy) is 3. The van der Waals surface area contributed by atoms with E-state index in [4.69, 9.17) is 25.8 Å². The van der Waals surface area contributed by atoms with Crippen molar-refractivity contribution in [1.29, 1.82) is 0 Å². The number of halogens is 1. The third kappa shape index (κ3) is 4.91. The Morgan fingerprint density at radius 1 is 1.33 bits per heavy atom. The fourth-order valence-electron chi connectivity index (χ4n) is 4.09. The van der Waals surface area contributed by atoms with Gasteiger partial charge in [0.2, 0.25) is 12.7 Å². The highest BCUT2D eigenvalue weighted by molar-refractivity contribution is 6.18. The Bertz CT molecular complexity index is 803. The minimum absolute atomic E-state index is 0.0911. The Morgan fingerprint density at radius 3 is 2.73 bits per heavy atom. The molecule has 7 heteroatoms. The maximum atomic E-state index is 13.6. The molecule has 3 rings (SSSR count). The molecule has 6 nitrogen and oxygen atoms in total. The zero-order valence-electron chi connectivity index (χ0n) is 17.9. The third-order valence-corrected chi connectivity index (χ3v) is 5.64. The summed E-state index contributed by atoms with van der Waals surface area (Å²) in [5, 5.41) is 0. The Hall–Kier alpha value is -2.21. The van der Waals surface area contributed by atoms with Crippen LogP contribution < -0.4 is 9.47 Å². The monoisotopic (exact) mass is 435 g/mol. The summed E-state index contributed by atoms with van der Waals surface area (Å²) in [5.41, 5.74) is 0.311. The average molecular weight is 436 g/mol. The zero-order chi connectivity index (χ0) is 21.9. The Labute approximate surface area is 183 Å². The molecule has 0 spiro atoms. The van der Waals surface area contributed by atoms with Gasteiger partial charge in [0.05, 0.1) is 0 Å². The maximum absolute atomic E-state index is 13.6. The van der Waals surface area contributed by atoms with Crippen molar-refractivity contribution < 1.29 is 23.8 Å². The minimum atomic E-state index is -0.597. The fraction of sp³-hybridized carbons (Fsp3) is 0.565. The van der Waals surface area contributed by atoms with Crippen LogP contribution in [0.2, 0.25) is 0 Å². The first kappa shape index (κ1) is 22.5. The van der Waals surface area contributed by atoms with Crippen molar-refractivity contribution in [1.82, 2.24) is 4.90 Å². The lowest BCUT2D eigenvalue weighted by molar-refractivity contribution is -0.164. The standard InChI is InChI=1S/C23H30ClNO5/c1-5-16(15-8-9-19-20(13-15)29-14-28-19)17(10-11-24)21(26)25-12-6-7-18(25)22(27)30-23(2,3)4/h5,8-9,13,16-18H,1,6-7,10-12,14H2,2-4H3/t16-,17-,18-/m0/s1. The van der Waals surface area contributed by atoms with Crippen LogP contribution in [0.25, 0.3) is 0 Å². The number of carbonyl (C=O) groups is 2. The molecule has 1 amide bonds. The van der Waals surface area contributed by atoms with Crippen LogP contribution in [0.1, 0.15) is 51.5 Å². The second-order valence-electron chi connectivity index (χ2n) is 8.68. The van der Waals surface area contributed by atoms with Crippen molar-refractivity contribution in [2.75, 3.05) is 19.2 Å². The number of nitrogens with zero attached hydrogens (tertiary/aromatic N) is 1. The second-order valence-corrected chi connectivity index (χ2v) is 9.06. The SMILES string of the molecule is C=C[C@@H](c1ccc2c(c1)OCO2)[C@H](CCCl)C(=O)N1CCC[C@H]1C(=O)OC(C)(C)C. The van der Waals surface area contributed by atoms with Gasteiger partial charge in [-0.2, -0.15) is 0 Å². The number of rotatable bonds is 7. The van der Waals surface area contributed by atoms with Gasteiger partial charge < -0.3 is 19.1 Å². The molecule has 1 aromatic carbocycles. The molecule has 0 bridgehead atoms. The number of likely N-dealkylation sites (tertiary alicyclic amines) is 1. The number of fused-ring (bicyclic) bond motifs is 1. The van der Waals surface area contributed by atoms with Crippen molar-refractivity contribution in [3.8, 4) is 11.5 Å².